The van der Waals surface area contributed by atoms with Crippen LogP contribution in [0.1, 0.15) is 5.82 Å². The minimum atomic E-state index is -0.209. The molecule has 2 rings (SSSR count). The number of aromatic amines is 1. The summed E-state index contributed by atoms with van der Waals surface area (Å²) in [5.41, 5.74) is 0.542. The molecule has 0 aliphatic carbocycles. The lowest BCUT2D eigenvalue weighted by Crippen LogP contribution is -2.09. The van der Waals surface area contributed by atoms with Gasteiger partial charge in [-0.05, 0) is 19.1 Å². The number of aryl methyl sites for hydroxylation is 1. The fourth-order valence-electron chi connectivity index (χ4n) is 1.38. The molecule has 14 heavy (non-hydrogen) atoms. The highest BCUT2D eigenvalue weighted by molar-refractivity contribution is 5.78. The van der Waals surface area contributed by atoms with E-state index in [-0.39, 0.29) is 5.56 Å². The van der Waals surface area contributed by atoms with Crippen LogP contribution in [0.2, 0.25) is 0 Å². The highest BCUT2D eigenvalue weighted by Gasteiger charge is 2.01. The molecule has 0 spiro atoms. The van der Waals surface area contributed by atoms with Crippen molar-refractivity contribution in [1.29, 1.82) is 0 Å². The average molecular weight is 190 g/mol. The van der Waals surface area contributed by atoms with Crippen molar-refractivity contribution in [3.63, 3.8) is 0 Å². The molecule has 1 aromatic carbocycles. The van der Waals surface area contributed by atoms with Crippen LogP contribution in [0.15, 0.2) is 23.0 Å². The monoisotopic (exact) mass is 190 g/mol. The van der Waals surface area contributed by atoms with Crippen LogP contribution in [0.5, 0.6) is 5.75 Å². The summed E-state index contributed by atoms with van der Waals surface area (Å²) < 4.78 is 5.06. The molecular formula is C10H10N2O2. The van der Waals surface area contributed by atoms with Gasteiger partial charge in [0.2, 0.25) is 0 Å². The molecular weight excluding hydrogens is 180 g/mol. The number of ether oxygens (including phenoxy) is 1. The highest BCUT2D eigenvalue weighted by atomic mass is 16.5. The van der Waals surface area contributed by atoms with Crippen molar-refractivity contribution in [2.75, 3.05) is 7.11 Å². The van der Waals surface area contributed by atoms with E-state index in [9.17, 15) is 4.79 Å². The number of hydrogen-bond donors (Lipinski definition) is 1. The Morgan fingerprint density at radius 3 is 2.93 bits per heavy atom. The molecule has 72 valence electrons. The van der Waals surface area contributed by atoms with Gasteiger partial charge in [0.25, 0.3) is 5.56 Å². The molecule has 4 heteroatoms. The Balaban J connectivity index is 2.82. The number of nitrogens with one attached hydrogen (secondary N) is 1. The number of methoxy groups -OCH3 is 1. The van der Waals surface area contributed by atoms with E-state index >= 15 is 0 Å². The summed E-state index contributed by atoms with van der Waals surface area (Å²) in [6, 6.07) is 5.24. The van der Waals surface area contributed by atoms with Gasteiger partial charge in [0.15, 0.2) is 0 Å². The largest absolute Gasteiger partial charge is 0.497 e. The topological polar surface area (TPSA) is 55.0 Å². The van der Waals surface area contributed by atoms with Gasteiger partial charge < -0.3 is 9.72 Å². The van der Waals surface area contributed by atoms with Crippen molar-refractivity contribution < 1.29 is 4.74 Å². The standard InChI is InChI=1S/C10H10N2O2/c1-6-11-9-5-7(14-2)3-4-8(9)10(13)12-6/h3-5H,1-2H3,(H,11,12,13). The van der Waals surface area contributed by atoms with Gasteiger partial charge in [-0.3, -0.25) is 4.79 Å². The predicted molar refractivity (Wildman–Crippen MR) is 53.7 cm³/mol. The van der Waals surface area contributed by atoms with Crippen molar-refractivity contribution in [2.45, 2.75) is 6.92 Å². The Morgan fingerprint density at radius 1 is 1.43 bits per heavy atom. The lowest BCUT2D eigenvalue weighted by atomic mass is 10.2. The molecule has 0 bridgehead atoms. The Kier molecular flexibility index (Phi) is 1.96. The zero-order chi connectivity index (χ0) is 10.1. The summed E-state index contributed by atoms with van der Waals surface area (Å²) >= 11 is 0. The first kappa shape index (κ1) is 8.74. The molecule has 0 radical (unpaired) electrons. The Bertz CT molecular complexity index is 531. The minimum absolute atomic E-state index is 0.209. The first-order chi connectivity index (χ1) is 6.70. The van der Waals surface area contributed by atoms with E-state index < -0.39 is 0 Å². The van der Waals surface area contributed by atoms with Gasteiger partial charge >= 0.3 is 0 Å². The first-order valence-electron chi connectivity index (χ1n) is 4.25. The molecule has 1 aromatic heterocycles. The van der Waals surface area contributed by atoms with Gasteiger partial charge in [-0.2, -0.15) is 4.98 Å². The number of fused-ring (bicyclic) bond motifs is 1. The van der Waals surface area contributed by atoms with E-state index in [1.807, 2.05) is 0 Å². The molecule has 1 heterocycles. The van der Waals surface area contributed by atoms with Gasteiger partial charge in [0.05, 0.1) is 18.0 Å². The third-order valence-corrected chi connectivity index (χ3v) is 2.04. The lowest BCUT2D eigenvalue weighted by Gasteiger charge is -2.02. The smallest absolute Gasteiger partial charge is 0.280 e. The van der Waals surface area contributed by atoms with Gasteiger partial charge in [-0.25, -0.2) is 0 Å². The van der Waals surface area contributed by atoms with E-state index in [1.54, 1.807) is 32.2 Å². The maximum absolute atomic E-state index is 11.4. The molecule has 0 atom stereocenters. The van der Waals surface area contributed by atoms with Crippen molar-refractivity contribution >= 4 is 10.9 Å². The van der Waals surface area contributed by atoms with E-state index in [0.29, 0.717) is 11.2 Å². The molecule has 4 nitrogen and oxygen atoms in total. The van der Waals surface area contributed by atoms with Crippen LogP contribution in [0.4, 0.5) is 0 Å². The van der Waals surface area contributed by atoms with E-state index in [1.165, 1.54) is 0 Å². The summed E-state index contributed by atoms with van der Waals surface area (Å²) in [6.07, 6.45) is 0. The molecule has 1 N–H and O–H groups in total. The van der Waals surface area contributed by atoms with Crippen LogP contribution in [-0.2, 0) is 0 Å². The molecule has 2 aromatic rings. The number of nitrogens with zero attached hydrogens (tertiary/aromatic N) is 1. The summed E-state index contributed by atoms with van der Waals surface area (Å²) in [7, 11) is 1.59. The maximum atomic E-state index is 11.4. The molecule has 0 aliphatic heterocycles. The SMILES string of the molecule is COc1ccc2c(=O)nc(C)[nH]c2c1. The van der Waals surface area contributed by atoms with Crippen LogP contribution in [0.3, 0.4) is 0 Å². The Labute approximate surface area is 80.6 Å². The summed E-state index contributed by atoms with van der Waals surface area (Å²) in [4.78, 5) is 18.2. The number of hydrogen-bond acceptors (Lipinski definition) is 3. The van der Waals surface area contributed by atoms with Crippen molar-refractivity contribution in [2.24, 2.45) is 0 Å². The first-order valence-corrected chi connectivity index (χ1v) is 4.25. The maximum Gasteiger partial charge on any atom is 0.280 e. The van der Waals surface area contributed by atoms with E-state index in [0.717, 1.165) is 11.3 Å². The third kappa shape index (κ3) is 1.35. The van der Waals surface area contributed by atoms with Crippen LogP contribution < -0.4 is 10.3 Å². The second-order valence-electron chi connectivity index (χ2n) is 3.04. The fourth-order valence-corrected chi connectivity index (χ4v) is 1.38. The average Bonchev–Trinajstić information content (AvgIpc) is 2.16. The third-order valence-electron chi connectivity index (χ3n) is 2.04. The number of rotatable bonds is 1. The molecule has 0 amide bonds. The predicted octanol–water partition coefficient (Wildman–Crippen LogP) is 1.24. The van der Waals surface area contributed by atoms with Gasteiger partial charge in [-0.1, -0.05) is 0 Å². The fraction of sp³-hybridized carbons (Fsp3) is 0.200. The molecule has 0 fully saturated rings. The second kappa shape index (κ2) is 3.14. The summed E-state index contributed by atoms with van der Waals surface area (Å²) in [5, 5.41) is 0.580. The highest BCUT2D eigenvalue weighted by Crippen LogP contribution is 2.15. The van der Waals surface area contributed by atoms with Crippen LogP contribution >= 0.6 is 0 Å². The quantitative estimate of drug-likeness (QED) is 0.736. The van der Waals surface area contributed by atoms with Crippen LogP contribution in [0.25, 0.3) is 10.9 Å². The molecule has 0 saturated carbocycles. The second-order valence-corrected chi connectivity index (χ2v) is 3.04. The lowest BCUT2D eigenvalue weighted by molar-refractivity contribution is 0.415. The Morgan fingerprint density at radius 2 is 2.21 bits per heavy atom. The normalized spacial score (nSPS) is 10.4. The van der Waals surface area contributed by atoms with E-state index in [4.69, 9.17) is 4.74 Å². The van der Waals surface area contributed by atoms with Gasteiger partial charge in [-0.15, -0.1) is 0 Å². The zero-order valence-corrected chi connectivity index (χ0v) is 8.00. The van der Waals surface area contributed by atoms with E-state index in [2.05, 4.69) is 9.97 Å². The van der Waals surface area contributed by atoms with Crippen molar-refractivity contribution in [3.05, 3.63) is 34.4 Å². The number of benzene rings is 1. The van der Waals surface area contributed by atoms with Crippen molar-refractivity contribution in [3.8, 4) is 5.75 Å². The Hall–Kier alpha value is -1.84. The minimum Gasteiger partial charge on any atom is -0.497 e. The summed E-state index contributed by atoms with van der Waals surface area (Å²) in [5.74, 6) is 1.33. The zero-order valence-electron chi connectivity index (χ0n) is 8.00. The van der Waals surface area contributed by atoms with Crippen LogP contribution in [-0.4, -0.2) is 17.1 Å². The van der Waals surface area contributed by atoms with Gasteiger partial charge in [0, 0.05) is 6.07 Å². The molecule has 0 saturated heterocycles. The molecule has 0 aliphatic rings. The molecule has 0 unspecified atom stereocenters. The summed E-state index contributed by atoms with van der Waals surface area (Å²) in [6.45, 7) is 1.75. The van der Waals surface area contributed by atoms with Crippen molar-refractivity contribution in [1.82, 2.24) is 9.97 Å². The van der Waals surface area contributed by atoms with Crippen LogP contribution in [0, 0.1) is 6.92 Å². The van der Waals surface area contributed by atoms with Gasteiger partial charge in [0.1, 0.15) is 11.6 Å². The number of H-pyrrole nitrogens is 1. The number of aromatic nitrogens is 2.